The summed E-state index contributed by atoms with van der Waals surface area (Å²) >= 11 is 0. The van der Waals surface area contributed by atoms with Crippen LogP contribution < -0.4 is 0 Å². The van der Waals surface area contributed by atoms with E-state index in [0.717, 1.165) is 12.1 Å². The van der Waals surface area contributed by atoms with Gasteiger partial charge in [0.05, 0.1) is 16.7 Å². The minimum Gasteiger partial charge on any atom is -0.478 e. The fourth-order valence-corrected chi connectivity index (χ4v) is 1.40. The van der Waals surface area contributed by atoms with Crippen molar-refractivity contribution in [1.82, 2.24) is 0 Å². The van der Waals surface area contributed by atoms with Crippen LogP contribution in [0.15, 0.2) is 12.1 Å². The Hall–Kier alpha value is -1.96. The Morgan fingerprint density at radius 1 is 1.44 bits per heavy atom. The van der Waals surface area contributed by atoms with Crippen LogP contribution in [0.3, 0.4) is 0 Å². The summed E-state index contributed by atoms with van der Waals surface area (Å²) in [6.07, 6.45) is 0.286. The van der Waals surface area contributed by atoms with Crippen LogP contribution >= 0.6 is 0 Å². The van der Waals surface area contributed by atoms with Gasteiger partial charge in [-0.25, -0.2) is 4.79 Å². The highest BCUT2D eigenvalue weighted by Gasteiger charge is 2.36. The van der Waals surface area contributed by atoms with E-state index >= 15 is 0 Å². The molecule has 0 aromatic heterocycles. The molecule has 2 nitrogen and oxygen atoms in total. The van der Waals surface area contributed by atoms with Crippen LogP contribution in [0, 0.1) is 19.3 Å². The van der Waals surface area contributed by atoms with E-state index < -0.39 is 28.8 Å². The minimum absolute atomic E-state index is 0.0922. The monoisotopic (exact) mass is 228 g/mol. The topological polar surface area (TPSA) is 37.3 Å². The second-order valence-corrected chi connectivity index (χ2v) is 3.13. The molecule has 0 spiro atoms. The average molecular weight is 228 g/mol. The smallest absolute Gasteiger partial charge is 0.417 e. The second kappa shape index (κ2) is 3.89. The molecule has 0 fully saturated rings. The van der Waals surface area contributed by atoms with Gasteiger partial charge in [-0.2, -0.15) is 13.2 Å². The van der Waals surface area contributed by atoms with E-state index in [0.29, 0.717) is 0 Å². The third-order valence-corrected chi connectivity index (χ3v) is 2.07. The molecule has 1 rings (SSSR count). The first kappa shape index (κ1) is 12.1. The number of alkyl halides is 3. The number of aryl methyl sites for hydroxylation is 1. The first-order valence-corrected chi connectivity index (χ1v) is 4.19. The van der Waals surface area contributed by atoms with Gasteiger partial charge in [0, 0.05) is 0 Å². The highest BCUT2D eigenvalue weighted by Crippen LogP contribution is 2.35. The minimum atomic E-state index is -4.66. The first-order chi connectivity index (χ1) is 7.29. The third kappa shape index (κ3) is 2.01. The standard InChI is InChI=1S/C11H7F3O2/c1-3-7-8(10(15)16)5-4-6(2)9(7)11(12,13)14/h1,4-5H,2H3,(H,15,16). The molecule has 0 unspecified atom stereocenters. The van der Waals surface area contributed by atoms with Crippen LogP contribution in [0.1, 0.15) is 27.0 Å². The summed E-state index contributed by atoms with van der Waals surface area (Å²) in [6.45, 7) is 1.23. The number of terminal acetylenes is 1. The molecule has 1 aromatic carbocycles. The Morgan fingerprint density at radius 2 is 2.00 bits per heavy atom. The number of rotatable bonds is 1. The number of carbonyl (C=O) groups is 1. The van der Waals surface area contributed by atoms with Gasteiger partial charge in [-0.3, -0.25) is 0 Å². The highest BCUT2D eigenvalue weighted by atomic mass is 19.4. The SMILES string of the molecule is C#Cc1c(C(=O)O)ccc(C)c1C(F)(F)F. The molecule has 0 amide bonds. The van der Waals surface area contributed by atoms with Crippen molar-refractivity contribution in [1.29, 1.82) is 0 Å². The van der Waals surface area contributed by atoms with E-state index in [1.54, 1.807) is 5.92 Å². The molecule has 0 saturated carbocycles. The lowest BCUT2D eigenvalue weighted by molar-refractivity contribution is -0.138. The lowest BCUT2D eigenvalue weighted by atomic mass is 9.96. The number of carboxylic acids is 1. The van der Waals surface area contributed by atoms with E-state index in [4.69, 9.17) is 11.5 Å². The maximum Gasteiger partial charge on any atom is 0.417 e. The Morgan fingerprint density at radius 3 is 2.38 bits per heavy atom. The number of hydrogen-bond donors (Lipinski definition) is 1. The lowest BCUT2D eigenvalue weighted by Crippen LogP contribution is -2.14. The molecule has 0 heterocycles. The number of hydrogen-bond acceptors (Lipinski definition) is 1. The predicted octanol–water partition coefficient (Wildman–Crippen LogP) is 2.69. The normalized spacial score (nSPS) is 10.9. The van der Waals surface area contributed by atoms with Gasteiger partial charge in [0.2, 0.25) is 0 Å². The Bertz CT molecular complexity index is 481. The van der Waals surface area contributed by atoms with E-state index in [2.05, 4.69) is 0 Å². The molecule has 0 radical (unpaired) electrons. The molecule has 16 heavy (non-hydrogen) atoms. The molecule has 1 aromatic rings. The van der Waals surface area contributed by atoms with Crippen LogP contribution in [0.5, 0.6) is 0 Å². The van der Waals surface area contributed by atoms with Crippen molar-refractivity contribution in [2.45, 2.75) is 13.1 Å². The van der Waals surface area contributed by atoms with Crippen molar-refractivity contribution in [2.24, 2.45) is 0 Å². The van der Waals surface area contributed by atoms with Gasteiger partial charge in [0.25, 0.3) is 0 Å². The fourth-order valence-electron chi connectivity index (χ4n) is 1.40. The van der Waals surface area contributed by atoms with Gasteiger partial charge >= 0.3 is 12.1 Å². The predicted molar refractivity (Wildman–Crippen MR) is 51.1 cm³/mol. The molecule has 1 N–H and O–H groups in total. The maximum atomic E-state index is 12.7. The molecule has 0 aliphatic heterocycles. The van der Waals surface area contributed by atoms with Crippen molar-refractivity contribution < 1.29 is 23.1 Å². The zero-order valence-electron chi connectivity index (χ0n) is 8.22. The Kier molecular flexibility index (Phi) is 2.95. The summed E-state index contributed by atoms with van der Waals surface area (Å²) in [5.41, 5.74) is -2.29. The molecule has 0 atom stereocenters. The quantitative estimate of drug-likeness (QED) is 0.750. The Balaban J connectivity index is 3.66. The van der Waals surface area contributed by atoms with Crippen molar-refractivity contribution in [3.63, 3.8) is 0 Å². The summed E-state index contributed by atoms with van der Waals surface area (Å²) in [7, 11) is 0. The zero-order valence-corrected chi connectivity index (χ0v) is 8.22. The number of halogens is 3. The van der Waals surface area contributed by atoms with Gasteiger partial charge in [-0.05, 0) is 18.6 Å². The first-order valence-electron chi connectivity index (χ1n) is 4.19. The summed E-state index contributed by atoms with van der Waals surface area (Å²) in [4.78, 5) is 10.7. The Labute approximate surface area is 89.7 Å². The zero-order chi connectivity index (χ0) is 12.5. The summed E-state index contributed by atoms with van der Waals surface area (Å²) in [5, 5.41) is 8.71. The molecular weight excluding hydrogens is 221 g/mol. The van der Waals surface area contributed by atoms with Gasteiger partial charge < -0.3 is 5.11 Å². The van der Waals surface area contributed by atoms with E-state index in [-0.39, 0.29) is 5.56 Å². The number of aromatic carboxylic acids is 1. The van der Waals surface area contributed by atoms with Gasteiger partial charge in [-0.15, -0.1) is 6.42 Å². The summed E-state index contributed by atoms with van der Waals surface area (Å²) in [6, 6.07) is 2.16. The number of carboxylic acid groups (broad SMARTS) is 1. The van der Waals surface area contributed by atoms with E-state index in [1.807, 2.05) is 0 Å². The third-order valence-electron chi connectivity index (χ3n) is 2.07. The maximum absolute atomic E-state index is 12.7. The molecule has 5 heteroatoms. The number of benzene rings is 1. The molecule has 0 saturated heterocycles. The van der Waals surface area contributed by atoms with Crippen molar-refractivity contribution in [3.05, 3.63) is 34.4 Å². The van der Waals surface area contributed by atoms with E-state index in [9.17, 15) is 18.0 Å². The van der Waals surface area contributed by atoms with Crippen molar-refractivity contribution in [2.75, 3.05) is 0 Å². The fraction of sp³-hybridized carbons (Fsp3) is 0.182. The largest absolute Gasteiger partial charge is 0.478 e. The van der Waals surface area contributed by atoms with Gasteiger partial charge in [0.1, 0.15) is 0 Å². The van der Waals surface area contributed by atoms with Crippen LogP contribution in [0.25, 0.3) is 0 Å². The van der Waals surface area contributed by atoms with Crippen LogP contribution in [-0.4, -0.2) is 11.1 Å². The van der Waals surface area contributed by atoms with Crippen molar-refractivity contribution >= 4 is 5.97 Å². The highest BCUT2D eigenvalue weighted by molar-refractivity contribution is 5.91. The molecule has 0 aliphatic carbocycles. The molecular formula is C11H7F3O2. The van der Waals surface area contributed by atoms with Crippen LogP contribution in [-0.2, 0) is 6.18 Å². The van der Waals surface area contributed by atoms with Gasteiger partial charge in [0.15, 0.2) is 0 Å². The summed E-state index contributed by atoms with van der Waals surface area (Å²) < 4.78 is 38.0. The van der Waals surface area contributed by atoms with Crippen molar-refractivity contribution in [3.8, 4) is 12.3 Å². The van der Waals surface area contributed by atoms with Crippen LogP contribution in [0.4, 0.5) is 13.2 Å². The second-order valence-electron chi connectivity index (χ2n) is 3.13. The lowest BCUT2D eigenvalue weighted by Gasteiger charge is -2.14. The molecule has 84 valence electrons. The van der Waals surface area contributed by atoms with Gasteiger partial charge in [-0.1, -0.05) is 12.0 Å². The molecule has 0 bridgehead atoms. The van der Waals surface area contributed by atoms with Crippen LogP contribution in [0.2, 0.25) is 0 Å². The summed E-state index contributed by atoms with van der Waals surface area (Å²) in [5.74, 6) is 0.318. The molecule has 0 aliphatic rings. The average Bonchev–Trinajstić information content (AvgIpc) is 2.14. The van der Waals surface area contributed by atoms with E-state index in [1.165, 1.54) is 6.92 Å².